The van der Waals surface area contributed by atoms with Crippen LogP contribution in [0.5, 0.6) is 0 Å². The molecular formula is C7H11Cl3O. The van der Waals surface area contributed by atoms with Gasteiger partial charge in [-0.3, -0.25) is 0 Å². The summed E-state index contributed by atoms with van der Waals surface area (Å²) >= 11 is 16.4. The van der Waals surface area contributed by atoms with Crippen LogP contribution in [0.2, 0.25) is 0 Å². The van der Waals surface area contributed by atoms with Gasteiger partial charge in [-0.2, -0.15) is 0 Å². The molecule has 4 heteroatoms. The Labute approximate surface area is 82.3 Å². The van der Waals surface area contributed by atoms with Crippen molar-refractivity contribution in [2.45, 2.75) is 19.4 Å². The Morgan fingerprint density at radius 2 is 2.00 bits per heavy atom. The van der Waals surface area contributed by atoms with Gasteiger partial charge in [0.15, 0.2) is 5.56 Å². The molecule has 1 nitrogen and oxygen atoms in total. The molecule has 0 aliphatic carbocycles. The van der Waals surface area contributed by atoms with Gasteiger partial charge in [0.05, 0.1) is 6.61 Å². The maximum absolute atomic E-state index is 5.65. The molecule has 0 fully saturated rings. The molecule has 0 aliphatic rings. The van der Waals surface area contributed by atoms with Crippen molar-refractivity contribution in [2.24, 2.45) is 5.92 Å². The standard InChI is InChI=1S/C7H11Cl3O/c1-5(2)4-11-7(10)3-6(8)9/h3,5,7H,4H2,1-2H3. The lowest BCUT2D eigenvalue weighted by atomic mass is 10.2. The maximum atomic E-state index is 5.65. The molecule has 0 aromatic carbocycles. The van der Waals surface area contributed by atoms with Crippen LogP contribution in [0.15, 0.2) is 10.6 Å². The monoisotopic (exact) mass is 216 g/mol. The zero-order chi connectivity index (χ0) is 8.85. The van der Waals surface area contributed by atoms with Crippen LogP contribution < -0.4 is 0 Å². The van der Waals surface area contributed by atoms with Crippen molar-refractivity contribution in [3.8, 4) is 0 Å². The molecule has 0 heterocycles. The lowest BCUT2D eigenvalue weighted by Gasteiger charge is -2.08. The van der Waals surface area contributed by atoms with Crippen LogP contribution in [-0.2, 0) is 4.74 Å². The third kappa shape index (κ3) is 8.48. The highest BCUT2D eigenvalue weighted by molar-refractivity contribution is 6.56. The van der Waals surface area contributed by atoms with Crippen molar-refractivity contribution in [3.05, 3.63) is 10.6 Å². The van der Waals surface area contributed by atoms with E-state index in [1.54, 1.807) is 0 Å². The maximum Gasteiger partial charge on any atom is 0.152 e. The number of rotatable bonds is 4. The first-order chi connectivity index (χ1) is 5.02. The van der Waals surface area contributed by atoms with Crippen LogP contribution in [0.4, 0.5) is 0 Å². The summed E-state index contributed by atoms with van der Waals surface area (Å²) in [4.78, 5) is 0. The summed E-state index contributed by atoms with van der Waals surface area (Å²) in [6, 6.07) is 0. The molecule has 0 radical (unpaired) electrons. The van der Waals surface area contributed by atoms with Crippen molar-refractivity contribution in [1.29, 1.82) is 0 Å². The third-order valence-electron chi connectivity index (χ3n) is 0.846. The summed E-state index contributed by atoms with van der Waals surface area (Å²) in [7, 11) is 0. The topological polar surface area (TPSA) is 9.23 Å². The fourth-order valence-electron chi connectivity index (χ4n) is 0.432. The first-order valence-corrected chi connectivity index (χ1v) is 4.50. The van der Waals surface area contributed by atoms with E-state index in [-0.39, 0.29) is 4.49 Å². The van der Waals surface area contributed by atoms with Crippen molar-refractivity contribution in [2.75, 3.05) is 6.61 Å². The average molecular weight is 218 g/mol. The van der Waals surface area contributed by atoms with E-state index in [1.807, 2.05) is 13.8 Å². The van der Waals surface area contributed by atoms with Gasteiger partial charge in [0, 0.05) is 0 Å². The van der Waals surface area contributed by atoms with E-state index in [0.29, 0.717) is 12.5 Å². The van der Waals surface area contributed by atoms with Crippen LogP contribution in [0, 0.1) is 5.92 Å². The SMILES string of the molecule is CC(C)COC(Cl)C=C(Cl)Cl. The minimum absolute atomic E-state index is 0.133. The van der Waals surface area contributed by atoms with E-state index in [0.717, 1.165) is 0 Å². The van der Waals surface area contributed by atoms with Crippen LogP contribution >= 0.6 is 34.8 Å². The van der Waals surface area contributed by atoms with Gasteiger partial charge in [-0.25, -0.2) is 0 Å². The molecule has 0 rings (SSSR count). The summed E-state index contributed by atoms with van der Waals surface area (Å²) in [6.45, 7) is 4.68. The van der Waals surface area contributed by atoms with Crippen molar-refractivity contribution in [3.63, 3.8) is 0 Å². The molecule has 0 aromatic rings. The molecular weight excluding hydrogens is 206 g/mol. The molecule has 1 atom stereocenters. The van der Waals surface area contributed by atoms with Gasteiger partial charge in [0.2, 0.25) is 0 Å². The zero-order valence-electron chi connectivity index (χ0n) is 6.48. The van der Waals surface area contributed by atoms with E-state index >= 15 is 0 Å². The Hall–Kier alpha value is 0.570. The fourth-order valence-corrected chi connectivity index (χ4v) is 0.988. The predicted molar refractivity (Wildman–Crippen MR) is 50.2 cm³/mol. The highest BCUT2D eigenvalue weighted by atomic mass is 35.5. The van der Waals surface area contributed by atoms with Gasteiger partial charge < -0.3 is 4.74 Å². The van der Waals surface area contributed by atoms with E-state index in [2.05, 4.69) is 0 Å². The number of hydrogen-bond acceptors (Lipinski definition) is 1. The highest BCUT2D eigenvalue weighted by Gasteiger charge is 2.02. The molecule has 0 saturated heterocycles. The summed E-state index contributed by atoms with van der Waals surface area (Å²) in [5.74, 6) is 0.457. The largest absolute Gasteiger partial charge is 0.358 e. The first kappa shape index (κ1) is 11.6. The van der Waals surface area contributed by atoms with Crippen LogP contribution in [0.3, 0.4) is 0 Å². The molecule has 0 aromatic heterocycles. The lowest BCUT2D eigenvalue weighted by molar-refractivity contribution is 0.111. The van der Waals surface area contributed by atoms with E-state index in [4.69, 9.17) is 39.5 Å². The van der Waals surface area contributed by atoms with Crippen molar-refractivity contribution < 1.29 is 4.74 Å². The Morgan fingerprint density at radius 3 is 2.36 bits per heavy atom. The Morgan fingerprint density at radius 1 is 1.45 bits per heavy atom. The second kappa shape index (κ2) is 6.13. The zero-order valence-corrected chi connectivity index (χ0v) is 8.75. The normalized spacial score (nSPS) is 13.3. The molecule has 0 spiro atoms. The number of ether oxygens (including phenoxy) is 1. The molecule has 0 saturated carbocycles. The fraction of sp³-hybridized carbons (Fsp3) is 0.714. The summed E-state index contributed by atoms with van der Waals surface area (Å²) in [5, 5.41) is 0. The van der Waals surface area contributed by atoms with Crippen molar-refractivity contribution in [1.82, 2.24) is 0 Å². The van der Waals surface area contributed by atoms with Gasteiger partial charge >= 0.3 is 0 Å². The Balaban J connectivity index is 3.53. The van der Waals surface area contributed by atoms with E-state index < -0.39 is 5.56 Å². The van der Waals surface area contributed by atoms with E-state index in [9.17, 15) is 0 Å². The molecule has 1 unspecified atom stereocenters. The minimum Gasteiger partial charge on any atom is -0.358 e. The van der Waals surface area contributed by atoms with Gasteiger partial charge in [-0.05, 0) is 12.0 Å². The van der Waals surface area contributed by atoms with Crippen LogP contribution in [-0.4, -0.2) is 12.2 Å². The highest BCUT2D eigenvalue weighted by Crippen LogP contribution is 2.12. The van der Waals surface area contributed by atoms with Gasteiger partial charge in [-0.15, -0.1) is 0 Å². The average Bonchev–Trinajstić information content (AvgIpc) is 1.82. The molecule has 66 valence electrons. The molecule has 11 heavy (non-hydrogen) atoms. The Bertz CT molecular complexity index is 130. The molecule has 0 bridgehead atoms. The number of hydrogen-bond donors (Lipinski definition) is 0. The number of halogens is 3. The minimum atomic E-state index is -0.526. The second-order valence-electron chi connectivity index (χ2n) is 2.53. The first-order valence-electron chi connectivity index (χ1n) is 3.31. The van der Waals surface area contributed by atoms with Gasteiger partial charge in [0.25, 0.3) is 0 Å². The summed E-state index contributed by atoms with van der Waals surface area (Å²) in [6.07, 6.45) is 1.44. The molecule has 0 amide bonds. The van der Waals surface area contributed by atoms with Gasteiger partial charge in [0.1, 0.15) is 4.49 Å². The Kier molecular flexibility index (Phi) is 6.44. The smallest absolute Gasteiger partial charge is 0.152 e. The van der Waals surface area contributed by atoms with Crippen LogP contribution in [0.25, 0.3) is 0 Å². The predicted octanol–water partition coefficient (Wildman–Crippen LogP) is 3.54. The third-order valence-corrected chi connectivity index (χ3v) is 1.35. The lowest BCUT2D eigenvalue weighted by Crippen LogP contribution is -2.07. The molecule has 0 N–H and O–H groups in total. The summed E-state index contributed by atoms with van der Waals surface area (Å²) in [5.41, 5.74) is -0.526. The van der Waals surface area contributed by atoms with Crippen LogP contribution in [0.1, 0.15) is 13.8 Å². The number of alkyl halides is 1. The van der Waals surface area contributed by atoms with Gasteiger partial charge in [-0.1, -0.05) is 48.7 Å². The second-order valence-corrected chi connectivity index (χ2v) is 3.97. The summed E-state index contributed by atoms with van der Waals surface area (Å²) < 4.78 is 5.27. The molecule has 0 aliphatic heterocycles. The quantitative estimate of drug-likeness (QED) is 0.655. The van der Waals surface area contributed by atoms with E-state index in [1.165, 1.54) is 6.08 Å². The van der Waals surface area contributed by atoms with Crippen molar-refractivity contribution >= 4 is 34.8 Å².